The Morgan fingerprint density at radius 3 is 2.95 bits per heavy atom. The van der Waals surface area contributed by atoms with Crippen LogP contribution in [-0.2, 0) is 9.53 Å². The molecule has 0 saturated carbocycles. The Kier molecular flexibility index (Phi) is 2.92. The SMILES string of the molecule is O=C1OC(c2cccs2)=N/C1=C\c1cccnc1F. The maximum Gasteiger partial charge on any atom is 0.363 e. The van der Waals surface area contributed by atoms with Crippen LogP contribution < -0.4 is 0 Å². The second kappa shape index (κ2) is 4.74. The molecular weight excluding hydrogens is 267 g/mol. The first-order valence-electron chi connectivity index (χ1n) is 5.41. The molecule has 0 bridgehead atoms. The van der Waals surface area contributed by atoms with Gasteiger partial charge < -0.3 is 4.74 Å². The molecule has 2 aromatic rings. The minimum atomic E-state index is -0.650. The van der Waals surface area contributed by atoms with Gasteiger partial charge in [-0.25, -0.2) is 14.8 Å². The fourth-order valence-electron chi connectivity index (χ4n) is 1.57. The molecule has 0 amide bonds. The Hall–Kier alpha value is -2.34. The van der Waals surface area contributed by atoms with Gasteiger partial charge in [0, 0.05) is 11.8 Å². The van der Waals surface area contributed by atoms with Gasteiger partial charge in [0.25, 0.3) is 0 Å². The van der Waals surface area contributed by atoms with E-state index in [4.69, 9.17) is 4.74 Å². The van der Waals surface area contributed by atoms with E-state index in [0.29, 0.717) is 0 Å². The van der Waals surface area contributed by atoms with Crippen LogP contribution in [0.1, 0.15) is 10.4 Å². The smallest absolute Gasteiger partial charge is 0.363 e. The summed E-state index contributed by atoms with van der Waals surface area (Å²) in [4.78, 5) is 20.0. The Labute approximate surface area is 111 Å². The van der Waals surface area contributed by atoms with E-state index in [1.807, 2.05) is 11.4 Å². The van der Waals surface area contributed by atoms with Crippen molar-refractivity contribution in [1.29, 1.82) is 0 Å². The molecule has 94 valence electrons. The minimum absolute atomic E-state index is 0.0651. The molecule has 0 aliphatic carbocycles. The number of ether oxygens (including phenoxy) is 1. The maximum absolute atomic E-state index is 13.4. The summed E-state index contributed by atoms with van der Waals surface area (Å²) in [5.74, 6) is -0.996. The summed E-state index contributed by atoms with van der Waals surface area (Å²) < 4.78 is 18.4. The second-order valence-electron chi connectivity index (χ2n) is 3.70. The van der Waals surface area contributed by atoms with Crippen LogP contribution in [0, 0.1) is 5.95 Å². The van der Waals surface area contributed by atoms with Crippen molar-refractivity contribution in [2.24, 2.45) is 4.99 Å². The Balaban J connectivity index is 1.98. The van der Waals surface area contributed by atoms with Gasteiger partial charge in [-0.1, -0.05) is 6.07 Å². The Bertz CT molecular complexity index is 692. The topological polar surface area (TPSA) is 51.5 Å². The van der Waals surface area contributed by atoms with Crippen molar-refractivity contribution in [1.82, 2.24) is 4.98 Å². The standard InChI is InChI=1S/C13H7FN2O2S/c14-11-8(3-1-5-15-11)7-9-13(17)18-12(16-9)10-4-2-6-19-10/h1-7H/b9-7-. The van der Waals surface area contributed by atoms with Gasteiger partial charge in [0.1, 0.15) is 0 Å². The third-order valence-corrected chi connectivity index (χ3v) is 3.29. The van der Waals surface area contributed by atoms with Crippen LogP contribution in [0.5, 0.6) is 0 Å². The van der Waals surface area contributed by atoms with Crippen LogP contribution >= 0.6 is 11.3 Å². The zero-order valence-corrected chi connectivity index (χ0v) is 10.4. The first-order chi connectivity index (χ1) is 9.24. The molecule has 0 aromatic carbocycles. The lowest BCUT2D eigenvalue weighted by atomic mass is 10.2. The summed E-state index contributed by atoms with van der Waals surface area (Å²) >= 11 is 1.41. The lowest BCUT2D eigenvalue weighted by molar-refractivity contribution is -0.129. The predicted octanol–water partition coefficient (Wildman–Crippen LogP) is 2.63. The molecule has 2 aromatic heterocycles. The number of cyclic esters (lactones) is 1. The monoisotopic (exact) mass is 274 g/mol. The number of nitrogens with zero attached hydrogens (tertiary/aromatic N) is 2. The summed E-state index contributed by atoms with van der Waals surface area (Å²) in [6.45, 7) is 0. The number of carbonyl (C=O) groups excluding carboxylic acids is 1. The highest BCUT2D eigenvalue weighted by Crippen LogP contribution is 2.21. The Morgan fingerprint density at radius 1 is 1.32 bits per heavy atom. The lowest BCUT2D eigenvalue weighted by Gasteiger charge is -1.94. The fourth-order valence-corrected chi connectivity index (χ4v) is 2.22. The molecule has 3 heterocycles. The van der Waals surface area contributed by atoms with Gasteiger partial charge in [-0.05, 0) is 29.7 Å². The fraction of sp³-hybridized carbons (Fsp3) is 0. The number of hydrogen-bond acceptors (Lipinski definition) is 5. The zero-order valence-electron chi connectivity index (χ0n) is 9.54. The third kappa shape index (κ3) is 2.30. The van der Waals surface area contributed by atoms with Crippen molar-refractivity contribution in [3.8, 4) is 0 Å². The molecule has 0 radical (unpaired) electrons. The van der Waals surface area contributed by atoms with Crippen molar-refractivity contribution in [3.05, 3.63) is 57.9 Å². The predicted molar refractivity (Wildman–Crippen MR) is 69.1 cm³/mol. The molecule has 0 atom stereocenters. The summed E-state index contributed by atoms with van der Waals surface area (Å²) in [5.41, 5.74) is 0.265. The average molecular weight is 274 g/mol. The highest BCUT2D eigenvalue weighted by molar-refractivity contribution is 7.12. The highest BCUT2D eigenvalue weighted by Gasteiger charge is 2.24. The molecule has 1 aliphatic heterocycles. The van der Waals surface area contributed by atoms with E-state index in [0.717, 1.165) is 4.88 Å². The number of aromatic nitrogens is 1. The number of carbonyl (C=O) groups is 1. The van der Waals surface area contributed by atoms with Gasteiger partial charge in [-0.2, -0.15) is 4.39 Å². The van der Waals surface area contributed by atoms with E-state index < -0.39 is 11.9 Å². The van der Waals surface area contributed by atoms with E-state index in [9.17, 15) is 9.18 Å². The third-order valence-electron chi connectivity index (χ3n) is 2.43. The normalized spacial score (nSPS) is 16.6. The maximum atomic E-state index is 13.4. The zero-order chi connectivity index (χ0) is 13.2. The molecule has 3 rings (SSSR count). The molecule has 1 aliphatic rings. The average Bonchev–Trinajstić information content (AvgIpc) is 3.02. The summed E-state index contributed by atoms with van der Waals surface area (Å²) in [7, 11) is 0. The van der Waals surface area contributed by atoms with Gasteiger partial charge in [0.15, 0.2) is 5.70 Å². The van der Waals surface area contributed by atoms with Crippen molar-refractivity contribution >= 4 is 29.3 Å². The molecule has 0 saturated heterocycles. The van der Waals surface area contributed by atoms with E-state index in [1.165, 1.54) is 29.7 Å². The van der Waals surface area contributed by atoms with Gasteiger partial charge in [-0.15, -0.1) is 11.3 Å². The van der Waals surface area contributed by atoms with Gasteiger partial charge in [0.05, 0.1) is 4.88 Å². The van der Waals surface area contributed by atoms with Crippen molar-refractivity contribution in [2.75, 3.05) is 0 Å². The number of hydrogen-bond donors (Lipinski definition) is 0. The van der Waals surface area contributed by atoms with Gasteiger partial charge >= 0.3 is 5.97 Å². The molecule has 0 N–H and O–H groups in total. The summed E-state index contributed by atoms with van der Waals surface area (Å²) in [5, 5.41) is 1.86. The summed E-state index contributed by atoms with van der Waals surface area (Å²) in [6.07, 6.45) is 2.66. The largest absolute Gasteiger partial charge is 0.401 e. The molecule has 0 fully saturated rings. The highest BCUT2D eigenvalue weighted by atomic mass is 32.1. The van der Waals surface area contributed by atoms with Crippen LogP contribution in [0.4, 0.5) is 4.39 Å². The molecule has 0 unspecified atom stereocenters. The minimum Gasteiger partial charge on any atom is -0.401 e. The van der Waals surface area contributed by atoms with Crippen LogP contribution in [0.25, 0.3) is 6.08 Å². The van der Waals surface area contributed by atoms with Gasteiger partial charge in [0.2, 0.25) is 11.8 Å². The van der Waals surface area contributed by atoms with Crippen LogP contribution in [0.3, 0.4) is 0 Å². The quantitative estimate of drug-likeness (QED) is 0.480. The van der Waals surface area contributed by atoms with Crippen LogP contribution in [0.2, 0.25) is 0 Å². The van der Waals surface area contributed by atoms with Crippen molar-refractivity contribution in [2.45, 2.75) is 0 Å². The molecule has 0 spiro atoms. The Morgan fingerprint density at radius 2 is 2.21 bits per heavy atom. The van der Waals surface area contributed by atoms with E-state index in [2.05, 4.69) is 9.98 Å². The van der Waals surface area contributed by atoms with Gasteiger partial charge in [-0.3, -0.25) is 0 Å². The molecule has 6 heteroatoms. The second-order valence-corrected chi connectivity index (χ2v) is 4.64. The van der Waals surface area contributed by atoms with Crippen molar-refractivity contribution < 1.29 is 13.9 Å². The van der Waals surface area contributed by atoms with Crippen LogP contribution in [-0.4, -0.2) is 16.9 Å². The first kappa shape index (κ1) is 11.7. The van der Waals surface area contributed by atoms with Crippen LogP contribution in [0.15, 0.2) is 46.5 Å². The van der Waals surface area contributed by atoms with Crippen molar-refractivity contribution in [3.63, 3.8) is 0 Å². The molecular formula is C13H7FN2O2S. The number of aliphatic imine (C=N–C) groups is 1. The number of thiophene rings is 1. The summed E-state index contributed by atoms with van der Waals surface area (Å²) in [6, 6.07) is 6.73. The number of pyridine rings is 1. The number of rotatable bonds is 2. The van der Waals surface area contributed by atoms with E-state index in [-0.39, 0.29) is 17.2 Å². The number of halogens is 1. The number of esters is 1. The lowest BCUT2D eigenvalue weighted by Crippen LogP contribution is -2.03. The molecule has 4 nitrogen and oxygen atoms in total. The first-order valence-corrected chi connectivity index (χ1v) is 6.29. The van der Waals surface area contributed by atoms with E-state index >= 15 is 0 Å². The van der Waals surface area contributed by atoms with E-state index in [1.54, 1.807) is 12.1 Å². The molecule has 19 heavy (non-hydrogen) atoms.